The van der Waals surface area contributed by atoms with Crippen molar-refractivity contribution in [1.29, 1.82) is 0 Å². The average Bonchev–Trinajstić information content (AvgIpc) is 3.48. The number of aromatic nitrogens is 2. The zero-order chi connectivity index (χ0) is 25.1. The molecule has 5 rings (SSSR count). The number of nitrogens with one attached hydrogen (secondary N) is 1. The number of imide groups is 1. The molecule has 0 aliphatic carbocycles. The van der Waals surface area contributed by atoms with Crippen LogP contribution in [0.2, 0.25) is 0 Å². The van der Waals surface area contributed by atoms with Crippen molar-refractivity contribution < 1.29 is 23.5 Å². The minimum atomic E-state index is -0.721. The third-order valence-corrected chi connectivity index (χ3v) is 6.04. The van der Waals surface area contributed by atoms with E-state index in [0.717, 1.165) is 15.8 Å². The molecular formula is C26H23N5O5. The van der Waals surface area contributed by atoms with Crippen molar-refractivity contribution in [1.82, 2.24) is 25.1 Å². The van der Waals surface area contributed by atoms with Crippen LogP contribution in [0.3, 0.4) is 0 Å². The Morgan fingerprint density at radius 1 is 1.22 bits per heavy atom. The number of amides is 4. The summed E-state index contributed by atoms with van der Waals surface area (Å²) < 4.78 is 11.2. The maximum atomic E-state index is 13.2. The SMILES string of the molecule is COc1ccc2c(c1)C(=O)N(C[C@H](NC(=O)N(C=O)Cc1cccnc1)c1cc3cnccc3o1)C2. The van der Waals surface area contributed by atoms with E-state index in [9.17, 15) is 14.4 Å². The number of fused-ring (bicyclic) bond motifs is 2. The number of methoxy groups -OCH3 is 1. The predicted molar refractivity (Wildman–Crippen MR) is 129 cm³/mol. The quantitative estimate of drug-likeness (QED) is 0.381. The number of hydrogen-bond acceptors (Lipinski definition) is 7. The van der Waals surface area contributed by atoms with E-state index in [0.29, 0.717) is 41.2 Å². The molecule has 0 unspecified atom stereocenters. The number of pyridine rings is 2. The molecule has 4 heterocycles. The molecule has 0 saturated heterocycles. The molecule has 10 heteroatoms. The van der Waals surface area contributed by atoms with Crippen LogP contribution in [0.25, 0.3) is 11.0 Å². The van der Waals surface area contributed by atoms with Crippen LogP contribution in [0.5, 0.6) is 5.75 Å². The number of urea groups is 1. The van der Waals surface area contributed by atoms with Gasteiger partial charge in [0.1, 0.15) is 23.1 Å². The lowest BCUT2D eigenvalue weighted by Gasteiger charge is -2.25. The smallest absolute Gasteiger partial charge is 0.324 e. The van der Waals surface area contributed by atoms with E-state index in [-0.39, 0.29) is 19.0 Å². The van der Waals surface area contributed by atoms with Crippen LogP contribution in [-0.2, 0) is 17.9 Å². The minimum absolute atomic E-state index is 0.0494. The molecule has 1 aliphatic heterocycles. The molecule has 0 radical (unpaired) electrons. The summed E-state index contributed by atoms with van der Waals surface area (Å²) in [5, 5.41) is 3.62. The number of benzene rings is 1. The Hall–Kier alpha value is -4.73. The predicted octanol–water partition coefficient (Wildman–Crippen LogP) is 3.30. The first kappa shape index (κ1) is 23.0. The van der Waals surface area contributed by atoms with Gasteiger partial charge in [-0.2, -0.15) is 0 Å². The molecule has 1 aromatic carbocycles. The molecule has 182 valence electrons. The van der Waals surface area contributed by atoms with Gasteiger partial charge in [0.25, 0.3) is 5.91 Å². The second-order valence-electron chi connectivity index (χ2n) is 8.37. The zero-order valence-electron chi connectivity index (χ0n) is 19.5. The first-order valence-electron chi connectivity index (χ1n) is 11.3. The van der Waals surface area contributed by atoms with Crippen LogP contribution in [0.15, 0.2) is 71.7 Å². The fourth-order valence-corrected chi connectivity index (χ4v) is 4.20. The molecule has 1 aliphatic rings. The molecule has 1 N–H and O–H groups in total. The number of furan rings is 1. The lowest BCUT2D eigenvalue weighted by atomic mass is 10.1. The highest BCUT2D eigenvalue weighted by Crippen LogP contribution is 2.30. The van der Waals surface area contributed by atoms with Crippen LogP contribution in [-0.4, -0.2) is 51.8 Å². The topological polar surface area (TPSA) is 118 Å². The molecule has 1 atom stereocenters. The monoisotopic (exact) mass is 485 g/mol. The Morgan fingerprint density at radius 2 is 2.08 bits per heavy atom. The van der Waals surface area contributed by atoms with E-state index >= 15 is 0 Å². The summed E-state index contributed by atoms with van der Waals surface area (Å²) in [5.41, 5.74) is 2.72. The number of hydrogen-bond donors (Lipinski definition) is 1. The Balaban J connectivity index is 1.40. The molecule has 3 aromatic heterocycles. The maximum absolute atomic E-state index is 13.2. The molecule has 0 saturated carbocycles. The van der Waals surface area contributed by atoms with E-state index in [2.05, 4.69) is 15.3 Å². The normalized spacial score (nSPS) is 13.4. The van der Waals surface area contributed by atoms with Crippen molar-refractivity contribution in [3.05, 3.63) is 89.7 Å². The fourth-order valence-electron chi connectivity index (χ4n) is 4.20. The van der Waals surface area contributed by atoms with Crippen LogP contribution < -0.4 is 10.1 Å². The zero-order valence-corrected chi connectivity index (χ0v) is 19.5. The van der Waals surface area contributed by atoms with Gasteiger partial charge in [-0.3, -0.25) is 24.5 Å². The van der Waals surface area contributed by atoms with Crippen LogP contribution in [0, 0.1) is 0 Å². The summed E-state index contributed by atoms with van der Waals surface area (Å²) >= 11 is 0. The van der Waals surface area contributed by atoms with E-state index in [1.165, 1.54) is 0 Å². The van der Waals surface area contributed by atoms with Crippen molar-refractivity contribution >= 4 is 29.3 Å². The van der Waals surface area contributed by atoms with E-state index < -0.39 is 12.1 Å². The highest BCUT2D eigenvalue weighted by atomic mass is 16.5. The number of carbonyl (C=O) groups excluding carboxylic acids is 3. The third-order valence-electron chi connectivity index (χ3n) is 6.04. The second-order valence-corrected chi connectivity index (χ2v) is 8.37. The Labute approximate surface area is 206 Å². The molecule has 4 amide bonds. The number of ether oxygens (including phenoxy) is 1. The van der Waals surface area contributed by atoms with E-state index in [1.54, 1.807) is 67.1 Å². The standard InChI is InChI=1S/C26H23N5O5/c1-35-20-5-4-18-14-30(25(33)21(18)10-20)15-22(24-9-19-12-28-8-6-23(19)36-24)29-26(34)31(16-32)13-17-3-2-7-27-11-17/h2-12,16,22H,13-15H2,1H3,(H,29,34)/t22-/m0/s1. The average molecular weight is 486 g/mol. The van der Waals surface area contributed by atoms with E-state index in [4.69, 9.17) is 9.15 Å². The van der Waals surface area contributed by atoms with Crippen molar-refractivity contribution in [2.45, 2.75) is 19.1 Å². The van der Waals surface area contributed by atoms with Crippen molar-refractivity contribution in [3.63, 3.8) is 0 Å². The van der Waals surface area contributed by atoms with Gasteiger partial charge < -0.3 is 19.4 Å². The van der Waals surface area contributed by atoms with Crippen LogP contribution in [0.4, 0.5) is 4.79 Å². The first-order chi connectivity index (χ1) is 17.6. The van der Waals surface area contributed by atoms with Crippen molar-refractivity contribution in [3.8, 4) is 5.75 Å². The van der Waals surface area contributed by atoms with Crippen molar-refractivity contribution in [2.75, 3.05) is 13.7 Å². The molecule has 0 bridgehead atoms. The van der Waals surface area contributed by atoms with Gasteiger partial charge in [0, 0.05) is 48.8 Å². The van der Waals surface area contributed by atoms with Gasteiger partial charge >= 0.3 is 6.03 Å². The second kappa shape index (κ2) is 9.87. The third kappa shape index (κ3) is 4.61. The summed E-state index contributed by atoms with van der Waals surface area (Å²) in [6.07, 6.45) is 6.93. The van der Waals surface area contributed by atoms with Crippen LogP contribution in [0.1, 0.15) is 33.3 Å². The summed E-state index contributed by atoms with van der Waals surface area (Å²) in [5.74, 6) is 0.860. The fraction of sp³-hybridized carbons (Fsp3) is 0.192. The first-order valence-corrected chi connectivity index (χ1v) is 11.3. The molecular weight excluding hydrogens is 462 g/mol. The summed E-state index contributed by atoms with van der Waals surface area (Å²) in [4.78, 5) is 48.8. The summed E-state index contributed by atoms with van der Waals surface area (Å²) in [6.45, 7) is 0.557. The maximum Gasteiger partial charge on any atom is 0.324 e. The van der Waals surface area contributed by atoms with Gasteiger partial charge in [-0.15, -0.1) is 0 Å². The highest BCUT2D eigenvalue weighted by Gasteiger charge is 2.32. The lowest BCUT2D eigenvalue weighted by Crippen LogP contribution is -2.44. The number of carbonyl (C=O) groups is 3. The van der Waals surface area contributed by atoms with Gasteiger partial charge in [-0.1, -0.05) is 12.1 Å². The number of nitrogens with zero attached hydrogens (tertiary/aromatic N) is 4. The largest absolute Gasteiger partial charge is 0.497 e. The van der Waals surface area contributed by atoms with Gasteiger partial charge in [-0.25, -0.2) is 4.79 Å². The Morgan fingerprint density at radius 3 is 2.83 bits per heavy atom. The summed E-state index contributed by atoms with van der Waals surface area (Å²) in [6, 6.07) is 11.0. The van der Waals surface area contributed by atoms with E-state index in [1.807, 2.05) is 12.1 Å². The van der Waals surface area contributed by atoms with Gasteiger partial charge in [0.05, 0.1) is 13.7 Å². The Kier molecular flexibility index (Phi) is 6.31. The van der Waals surface area contributed by atoms with Gasteiger partial charge in [-0.05, 0) is 41.5 Å². The number of rotatable bonds is 8. The molecule has 4 aromatic rings. The summed E-state index contributed by atoms with van der Waals surface area (Å²) in [7, 11) is 1.55. The van der Waals surface area contributed by atoms with Crippen molar-refractivity contribution in [2.24, 2.45) is 0 Å². The Bertz CT molecular complexity index is 1390. The molecule has 36 heavy (non-hydrogen) atoms. The lowest BCUT2D eigenvalue weighted by molar-refractivity contribution is -0.116. The molecule has 0 spiro atoms. The van der Waals surface area contributed by atoms with Crippen LogP contribution >= 0.6 is 0 Å². The molecule has 10 nitrogen and oxygen atoms in total. The van der Waals surface area contributed by atoms with Gasteiger partial charge in [0.15, 0.2) is 0 Å². The van der Waals surface area contributed by atoms with Gasteiger partial charge in [0.2, 0.25) is 6.41 Å². The molecule has 0 fully saturated rings. The highest BCUT2D eigenvalue weighted by molar-refractivity contribution is 5.98. The minimum Gasteiger partial charge on any atom is -0.497 e.